The van der Waals surface area contributed by atoms with Gasteiger partial charge in [-0.25, -0.2) is 13.8 Å². The molecule has 2 heterocycles. The topological polar surface area (TPSA) is 42.0 Å². The lowest BCUT2D eigenvalue weighted by Gasteiger charge is -2.28. The van der Waals surface area contributed by atoms with Gasteiger partial charge in [0.2, 0.25) is 5.92 Å². The van der Waals surface area contributed by atoms with Crippen LogP contribution in [-0.2, 0) is 0 Å². The summed E-state index contributed by atoms with van der Waals surface area (Å²) < 4.78 is 26.6. The highest BCUT2D eigenvalue weighted by Crippen LogP contribution is 2.33. The number of thiophene rings is 1. The molecule has 0 aromatic carbocycles. The van der Waals surface area contributed by atoms with Crippen LogP contribution < -0.4 is 5.32 Å². The quantitative estimate of drug-likeness (QED) is 0.708. The number of allylic oxidation sites excluding steroid dienone is 3. The van der Waals surface area contributed by atoms with E-state index in [1.165, 1.54) is 11.3 Å². The third-order valence-corrected chi connectivity index (χ3v) is 5.46. The standard InChI is InChI=1S/C20H22F2N2OS/c1-12(2)8-13(3)14-9-16-17(11-26-19(16)23-10-14)18(25)24-15-4-6-20(21,22)7-5-15/h8-11,15H,3-7H2,1-2H3,(H,24,25). The first kappa shape index (κ1) is 18.7. The van der Waals surface area contributed by atoms with Gasteiger partial charge < -0.3 is 5.32 Å². The molecule has 26 heavy (non-hydrogen) atoms. The number of fused-ring (bicyclic) bond motifs is 1. The highest BCUT2D eigenvalue weighted by Gasteiger charge is 2.35. The molecule has 0 radical (unpaired) electrons. The molecule has 0 saturated heterocycles. The van der Waals surface area contributed by atoms with Gasteiger partial charge >= 0.3 is 0 Å². The molecule has 1 N–H and O–H groups in total. The Kier molecular flexibility index (Phi) is 5.23. The second-order valence-electron chi connectivity index (χ2n) is 7.08. The summed E-state index contributed by atoms with van der Waals surface area (Å²) in [5.74, 6) is -2.82. The Labute approximate surface area is 155 Å². The first-order valence-electron chi connectivity index (χ1n) is 8.65. The van der Waals surface area contributed by atoms with E-state index in [1.807, 2.05) is 26.0 Å². The van der Waals surface area contributed by atoms with Crippen molar-refractivity contribution in [3.63, 3.8) is 0 Å². The monoisotopic (exact) mass is 376 g/mol. The maximum Gasteiger partial charge on any atom is 0.253 e. The van der Waals surface area contributed by atoms with Crippen molar-refractivity contribution in [2.24, 2.45) is 0 Å². The molecule has 2 aromatic heterocycles. The molecule has 6 heteroatoms. The van der Waals surface area contributed by atoms with Crippen molar-refractivity contribution in [2.45, 2.75) is 51.5 Å². The molecule has 138 valence electrons. The van der Waals surface area contributed by atoms with E-state index in [9.17, 15) is 13.6 Å². The van der Waals surface area contributed by atoms with Crippen LogP contribution in [0.5, 0.6) is 0 Å². The Bertz CT molecular complexity index is 871. The fourth-order valence-corrected chi connectivity index (χ4v) is 4.02. The van der Waals surface area contributed by atoms with Crippen LogP contribution in [0, 0.1) is 0 Å². The van der Waals surface area contributed by atoms with Gasteiger partial charge in [-0.05, 0) is 38.3 Å². The minimum absolute atomic E-state index is 0.170. The van der Waals surface area contributed by atoms with E-state index in [-0.39, 0.29) is 24.8 Å². The number of rotatable bonds is 4. The van der Waals surface area contributed by atoms with Gasteiger partial charge in [-0.3, -0.25) is 4.79 Å². The summed E-state index contributed by atoms with van der Waals surface area (Å²) >= 11 is 1.40. The van der Waals surface area contributed by atoms with Crippen molar-refractivity contribution in [3.8, 4) is 0 Å². The lowest BCUT2D eigenvalue weighted by atomic mass is 9.92. The van der Waals surface area contributed by atoms with Gasteiger partial charge in [0, 0.05) is 41.4 Å². The Morgan fingerprint density at radius 2 is 2.08 bits per heavy atom. The molecular formula is C20H22F2N2OS. The number of nitrogens with one attached hydrogen (secondary N) is 1. The third kappa shape index (κ3) is 4.18. The van der Waals surface area contributed by atoms with Crippen LogP contribution in [0.25, 0.3) is 15.8 Å². The zero-order valence-corrected chi connectivity index (χ0v) is 15.8. The molecule has 0 spiro atoms. The molecule has 0 unspecified atom stereocenters. The van der Waals surface area contributed by atoms with Crippen LogP contribution in [0.3, 0.4) is 0 Å². The predicted octanol–water partition coefficient (Wildman–Crippen LogP) is 5.58. The van der Waals surface area contributed by atoms with Crippen LogP contribution in [-0.4, -0.2) is 22.9 Å². The predicted molar refractivity (Wildman–Crippen MR) is 103 cm³/mol. The average Bonchev–Trinajstić information content (AvgIpc) is 2.99. The average molecular weight is 376 g/mol. The van der Waals surface area contributed by atoms with E-state index >= 15 is 0 Å². The van der Waals surface area contributed by atoms with Crippen molar-refractivity contribution in [2.75, 3.05) is 0 Å². The van der Waals surface area contributed by atoms with E-state index in [0.717, 1.165) is 26.9 Å². The van der Waals surface area contributed by atoms with Crippen molar-refractivity contribution in [3.05, 3.63) is 47.0 Å². The number of nitrogens with zero attached hydrogens (tertiary/aromatic N) is 1. The van der Waals surface area contributed by atoms with Gasteiger partial charge in [-0.1, -0.05) is 18.2 Å². The zero-order chi connectivity index (χ0) is 18.9. The van der Waals surface area contributed by atoms with Crippen LogP contribution >= 0.6 is 11.3 Å². The van der Waals surface area contributed by atoms with E-state index in [1.54, 1.807) is 11.6 Å². The molecule has 1 amide bonds. The molecular weight excluding hydrogens is 354 g/mol. The van der Waals surface area contributed by atoms with Gasteiger partial charge in [-0.2, -0.15) is 0 Å². The smallest absolute Gasteiger partial charge is 0.253 e. The van der Waals surface area contributed by atoms with Crippen LogP contribution in [0.4, 0.5) is 8.78 Å². The molecule has 1 aliphatic rings. The maximum atomic E-state index is 13.3. The third-order valence-electron chi connectivity index (χ3n) is 4.56. The summed E-state index contributed by atoms with van der Waals surface area (Å²) in [5, 5.41) is 5.45. The van der Waals surface area contributed by atoms with E-state index in [4.69, 9.17) is 0 Å². The number of carbonyl (C=O) groups is 1. The highest BCUT2D eigenvalue weighted by molar-refractivity contribution is 7.17. The summed E-state index contributed by atoms with van der Waals surface area (Å²) in [5.41, 5.74) is 3.38. The summed E-state index contributed by atoms with van der Waals surface area (Å²) in [7, 11) is 0. The molecule has 2 aromatic rings. The van der Waals surface area contributed by atoms with Crippen LogP contribution in [0.2, 0.25) is 0 Å². The van der Waals surface area contributed by atoms with Crippen molar-refractivity contribution < 1.29 is 13.6 Å². The lowest BCUT2D eigenvalue weighted by Crippen LogP contribution is -2.40. The number of hydrogen-bond donors (Lipinski definition) is 1. The second kappa shape index (κ2) is 7.27. The summed E-state index contributed by atoms with van der Waals surface area (Å²) in [6.07, 6.45) is 4.00. The minimum Gasteiger partial charge on any atom is -0.349 e. The summed E-state index contributed by atoms with van der Waals surface area (Å²) in [6, 6.07) is 1.72. The minimum atomic E-state index is -2.60. The number of alkyl halides is 2. The van der Waals surface area contributed by atoms with Gasteiger partial charge in [0.15, 0.2) is 0 Å². The fraction of sp³-hybridized carbons (Fsp3) is 0.400. The maximum absolute atomic E-state index is 13.3. The molecule has 0 aliphatic heterocycles. The van der Waals surface area contributed by atoms with E-state index in [2.05, 4.69) is 16.9 Å². The molecule has 1 saturated carbocycles. The molecule has 0 bridgehead atoms. The van der Waals surface area contributed by atoms with Crippen molar-refractivity contribution in [1.82, 2.24) is 10.3 Å². The molecule has 3 rings (SSSR count). The number of amides is 1. The van der Waals surface area contributed by atoms with E-state index in [0.29, 0.717) is 18.4 Å². The largest absolute Gasteiger partial charge is 0.349 e. The second-order valence-corrected chi connectivity index (χ2v) is 7.93. The Morgan fingerprint density at radius 3 is 2.73 bits per heavy atom. The fourth-order valence-electron chi connectivity index (χ4n) is 3.15. The number of halogens is 2. The molecule has 1 fully saturated rings. The first-order valence-corrected chi connectivity index (χ1v) is 9.53. The number of hydrogen-bond acceptors (Lipinski definition) is 3. The lowest BCUT2D eigenvalue weighted by molar-refractivity contribution is -0.0399. The van der Waals surface area contributed by atoms with Gasteiger partial charge in [0.1, 0.15) is 4.83 Å². The van der Waals surface area contributed by atoms with Gasteiger partial charge in [-0.15, -0.1) is 11.3 Å². The molecule has 0 atom stereocenters. The highest BCUT2D eigenvalue weighted by atomic mass is 32.1. The van der Waals surface area contributed by atoms with E-state index < -0.39 is 5.92 Å². The summed E-state index contributed by atoms with van der Waals surface area (Å²) in [6.45, 7) is 8.04. The van der Waals surface area contributed by atoms with Crippen LogP contribution in [0.15, 0.2) is 35.9 Å². The van der Waals surface area contributed by atoms with Crippen LogP contribution in [0.1, 0.15) is 55.5 Å². The first-order chi connectivity index (χ1) is 12.2. The van der Waals surface area contributed by atoms with Gasteiger partial charge in [0.25, 0.3) is 5.91 Å². The SMILES string of the molecule is C=C(C=C(C)C)c1cnc2scc(C(=O)NC3CCC(F)(F)CC3)c2c1. The number of pyridine rings is 1. The summed E-state index contributed by atoms with van der Waals surface area (Å²) in [4.78, 5) is 17.9. The Morgan fingerprint density at radius 1 is 1.38 bits per heavy atom. The van der Waals surface area contributed by atoms with Crippen molar-refractivity contribution >= 4 is 33.0 Å². The normalized spacial score (nSPS) is 17.1. The van der Waals surface area contributed by atoms with Crippen molar-refractivity contribution in [1.29, 1.82) is 0 Å². The number of aromatic nitrogens is 1. The Balaban J connectivity index is 1.80. The number of carbonyl (C=O) groups excluding carboxylic acids is 1. The van der Waals surface area contributed by atoms with Gasteiger partial charge in [0.05, 0.1) is 5.56 Å². The molecule has 3 nitrogen and oxygen atoms in total. The zero-order valence-electron chi connectivity index (χ0n) is 14.9. The molecule has 1 aliphatic carbocycles. The Hall–Kier alpha value is -2.08.